The average molecular weight is 622 g/mol. The standard InChI is InChI=1S/C30H43N3O9S/c1-6-33(42-21-10-8-7-9-11-21)26(36)15-22(19(2)3)28(39)32-23(16-27(37)38)24(34)17-31-43(40,41)18-30-13-12-20(14-25(30)35)29(30,4)5/h7-11,19-20,22-23,31H,6,12-18H2,1-5H3,(H,32,39)(H,37,38). The third-order valence-corrected chi connectivity index (χ3v) is 10.6. The minimum atomic E-state index is -4.10. The van der Waals surface area contributed by atoms with Gasteiger partial charge in [0.05, 0.1) is 31.3 Å². The number of hydroxylamine groups is 2. The summed E-state index contributed by atoms with van der Waals surface area (Å²) in [6.07, 6.45) is 0.505. The molecule has 0 aromatic heterocycles. The number of ketones is 2. The number of fused-ring (bicyclic) bond motifs is 2. The lowest BCUT2D eigenvalue weighted by Gasteiger charge is -2.36. The second-order valence-corrected chi connectivity index (χ2v) is 14.2. The van der Waals surface area contributed by atoms with Crippen LogP contribution in [0.5, 0.6) is 5.75 Å². The first-order chi connectivity index (χ1) is 20.0. The topological polar surface area (TPSA) is 176 Å². The zero-order chi connectivity index (χ0) is 32.2. The Bertz CT molecular complexity index is 1330. The highest BCUT2D eigenvalue weighted by molar-refractivity contribution is 7.89. The molecule has 0 radical (unpaired) electrons. The number of sulfonamides is 1. The Morgan fingerprint density at radius 3 is 2.28 bits per heavy atom. The minimum Gasteiger partial charge on any atom is -0.481 e. The lowest BCUT2D eigenvalue weighted by atomic mass is 9.70. The quantitative estimate of drug-likeness (QED) is 0.234. The van der Waals surface area contributed by atoms with E-state index in [2.05, 4.69) is 10.0 Å². The number of benzene rings is 1. The molecule has 2 aliphatic carbocycles. The van der Waals surface area contributed by atoms with Crippen molar-refractivity contribution < 1.29 is 42.3 Å². The number of carbonyl (C=O) groups excluding carboxylic acids is 4. The normalized spacial score (nSPS) is 22.2. The number of Topliss-reactive ketones (excluding diaryl/α,β-unsaturated/α-hetero) is 2. The molecule has 1 aromatic carbocycles. The van der Waals surface area contributed by atoms with Crippen molar-refractivity contribution in [2.45, 2.75) is 72.8 Å². The van der Waals surface area contributed by atoms with Gasteiger partial charge in [0.15, 0.2) is 11.5 Å². The first kappa shape index (κ1) is 34.2. The number of carboxylic acids is 1. The Hall–Kier alpha value is -3.32. The summed E-state index contributed by atoms with van der Waals surface area (Å²) in [6, 6.07) is 7.10. The number of hydrogen-bond acceptors (Lipinski definition) is 8. The van der Waals surface area contributed by atoms with E-state index in [4.69, 9.17) is 4.84 Å². The van der Waals surface area contributed by atoms with Crippen LogP contribution in [0.25, 0.3) is 0 Å². The summed E-state index contributed by atoms with van der Waals surface area (Å²) in [5.41, 5.74) is -1.53. The van der Waals surface area contributed by atoms with E-state index in [0.29, 0.717) is 18.6 Å². The highest BCUT2D eigenvalue weighted by Gasteiger charge is 2.65. The Morgan fingerprint density at radius 2 is 1.77 bits per heavy atom. The summed E-state index contributed by atoms with van der Waals surface area (Å²) in [4.78, 5) is 69.3. The van der Waals surface area contributed by atoms with Crippen molar-refractivity contribution in [3.8, 4) is 5.75 Å². The van der Waals surface area contributed by atoms with Crippen LogP contribution in [0.2, 0.25) is 0 Å². The van der Waals surface area contributed by atoms with Gasteiger partial charge < -0.3 is 15.3 Å². The predicted octanol–water partition coefficient (Wildman–Crippen LogP) is 2.33. The van der Waals surface area contributed by atoms with Crippen LogP contribution in [0.4, 0.5) is 0 Å². The summed E-state index contributed by atoms with van der Waals surface area (Å²) in [5.74, 6) is -4.70. The van der Waals surface area contributed by atoms with Crippen LogP contribution in [0, 0.1) is 28.6 Å². The van der Waals surface area contributed by atoms with Gasteiger partial charge in [-0.25, -0.2) is 13.1 Å². The molecule has 2 amide bonds. The maximum Gasteiger partial charge on any atom is 0.305 e. The highest BCUT2D eigenvalue weighted by atomic mass is 32.2. The van der Waals surface area contributed by atoms with Gasteiger partial charge in [0, 0.05) is 24.2 Å². The largest absolute Gasteiger partial charge is 0.481 e. The predicted molar refractivity (Wildman–Crippen MR) is 157 cm³/mol. The molecule has 13 heteroatoms. The van der Waals surface area contributed by atoms with Crippen LogP contribution in [0.15, 0.2) is 30.3 Å². The SMILES string of the molecule is CCN(Oc1ccccc1)C(=O)CC(C(=O)NC(CC(=O)O)C(=O)CNS(=O)(=O)CC12CCC(CC1=O)C2(C)C)C(C)C. The molecule has 0 spiro atoms. The Balaban J connectivity index is 1.66. The third-order valence-electron chi connectivity index (χ3n) is 9.19. The highest BCUT2D eigenvalue weighted by Crippen LogP contribution is 2.64. The fourth-order valence-corrected chi connectivity index (χ4v) is 8.10. The van der Waals surface area contributed by atoms with Crippen LogP contribution in [-0.2, 0) is 34.0 Å². The smallest absolute Gasteiger partial charge is 0.305 e. The van der Waals surface area contributed by atoms with Crippen molar-refractivity contribution in [3.05, 3.63) is 30.3 Å². The van der Waals surface area contributed by atoms with Crippen molar-refractivity contribution in [1.82, 2.24) is 15.1 Å². The van der Waals surface area contributed by atoms with E-state index in [0.717, 1.165) is 11.5 Å². The number of carbonyl (C=O) groups is 5. The van der Waals surface area contributed by atoms with Crippen LogP contribution < -0.4 is 14.9 Å². The lowest BCUT2D eigenvalue weighted by molar-refractivity contribution is -0.159. The van der Waals surface area contributed by atoms with Gasteiger partial charge in [0.25, 0.3) is 5.91 Å². The Morgan fingerprint density at radius 1 is 1.12 bits per heavy atom. The number of rotatable bonds is 16. The van der Waals surface area contributed by atoms with Crippen LogP contribution in [-0.4, -0.2) is 72.8 Å². The first-order valence-electron chi connectivity index (χ1n) is 14.6. The number of nitrogens with one attached hydrogen (secondary N) is 2. The molecule has 3 N–H and O–H groups in total. The average Bonchev–Trinajstić information content (AvgIpc) is 3.27. The molecule has 0 saturated heterocycles. The minimum absolute atomic E-state index is 0.0912. The molecule has 2 aliphatic rings. The maximum absolute atomic E-state index is 13.3. The van der Waals surface area contributed by atoms with Crippen LogP contribution in [0.1, 0.15) is 66.7 Å². The summed E-state index contributed by atoms with van der Waals surface area (Å²) in [7, 11) is -4.10. The van der Waals surface area contributed by atoms with Crippen molar-refractivity contribution in [2.24, 2.45) is 28.6 Å². The van der Waals surface area contributed by atoms with Gasteiger partial charge in [-0.05, 0) is 49.1 Å². The molecular weight excluding hydrogens is 578 g/mol. The molecule has 0 heterocycles. The van der Waals surface area contributed by atoms with Gasteiger partial charge in [-0.3, -0.25) is 24.0 Å². The molecule has 4 atom stereocenters. The number of aliphatic carboxylic acids is 1. The van der Waals surface area contributed by atoms with Gasteiger partial charge in [-0.15, -0.1) is 0 Å². The van der Waals surface area contributed by atoms with Crippen LogP contribution in [0.3, 0.4) is 0 Å². The maximum atomic E-state index is 13.3. The molecule has 3 rings (SSSR count). The van der Waals surface area contributed by atoms with E-state index in [1.165, 1.54) is 0 Å². The van der Waals surface area contributed by atoms with Gasteiger partial charge >= 0.3 is 5.97 Å². The third kappa shape index (κ3) is 7.80. The number of amides is 2. The summed E-state index contributed by atoms with van der Waals surface area (Å²) >= 11 is 0. The molecule has 43 heavy (non-hydrogen) atoms. The van der Waals surface area contributed by atoms with E-state index in [1.54, 1.807) is 51.1 Å². The molecule has 2 saturated carbocycles. The van der Waals surface area contributed by atoms with Crippen molar-refractivity contribution in [3.63, 3.8) is 0 Å². The van der Waals surface area contributed by atoms with Crippen molar-refractivity contribution in [1.29, 1.82) is 0 Å². The van der Waals surface area contributed by atoms with Crippen molar-refractivity contribution in [2.75, 3.05) is 18.8 Å². The second-order valence-electron chi connectivity index (χ2n) is 12.4. The molecule has 1 aromatic rings. The lowest BCUT2D eigenvalue weighted by Crippen LogP contribution is -2.51. The molecule has 2 bridgehead atoms. The molecule has 4 unspecified atom stereocenters. The molecule has 238 valence electrons. The van der Waals surface area contributed by atoms with Gasteiger partial charge in [0.2, 0.25) is 15.9 Å². The molecule has 12 nitrogen and oxygen atoms in total. The Labute approximate surface area is 252 Å². The van der Waals surface area contributed by atoms with Gasteiger partial charge in [-0.2, -0.15) is 5.06 Å². The number of nitrogens with zero attached hydrogens (tertiary/aromatic N) is 1. The van der Waals surface area contributed by atoms with E-state index in [-0.39, 0.29) is 30.6 Å². The monoisotopic (exact) mass is 621 g/mol. The summed E-state index contributed by atoms with van der Waals surface area (Å²) in [5, 5.41) is 12.9. The van der Waals surface area contributed by atoms with E-state index in [1.807, 2.05) is 13.8 Å². The summed E-state index contributed by atoms with van der Waals surface area (Å²) < 4.78 is 28.3. The number of hydrogen-bond donors (Lipinski definition) is 3. The fraction of sp³-hybridized carbons (Fsp3) is 0.633. The molecule has 2 fully saturated rings. The van der Waals surface area contributed by atoms with Crippen molar-refractivity contribution >= 4 is 39.4 Å². The molecular formula is C30H43N3O9S. The number of para-hydroxylation sites is 1. The first-order valence-corrected chi connectivity index (χ1v) is 16.3. The van der Waals surface area contributed by atoms with E-state index in [9.17, 15) is 37.5 Å². The fourth-order valence-electron chi connectivity index (χ4n) is 6.31. The van der Waals surface area contributed by atoms with E-state index >= 15 is 0 Å². The van der Waals surface area contributed by atoms with E-state index < -0.39 is 75.1 Å². The second kappa shape index (κ2) is 13.5. The molecule has 0 aliphatic heterocycles. The summed E-state index contributed by atoms with van der Waals surface area (Å²) in [6.45, 7) is 8.39. The van der Waals surface area contributed by atoms with Gasteiger partial charge in [-0.1, -0.05) is 45.9 Å². The number of carboxylic acid groups (broad SMARTS) is 1. The van der Waals surface area contributed by atoms with Crippen LogP contribution >= 0.6 is 0 Å². The Kier molecular flexibility index (Phi) is 10.8. The zero-order valence-electron chi connectivity index (χ0n) is 25.4. The van der Waals surface area contributed by atoms with Gasteiger partial charge in [0.1, 0.15) is 5.78 Å². The zero-order valence-corrected chi connectivity index (χ0v) is 26.2.